The first kappa shape index (κ1) is 18.5. The molecule has 2 aromatic carbocycles. The Morgan fingerprint density at radius 1 is 1.00 bits per heavy atom. The lowest BCUT2D eigenvalue weighted by Crippen LogP contribution is -2.17. The van der Waals surface area contributed by atoms with Gasteiger partial charge in [0.05, 0.1) is 16.8 Å². The van der Waals surface area contributed by atoms with Gasteiger partial charge in [-0.2, -0.15) is 9.78 Å². The lowest BCUT2D eigenvalue weighted by Gasteiger charge is -2.13. The van der Waals surface area contributed by atoms with Crippen molar-refractivity contribution in [3.8, 4) is 16.9 Å². The number of fused-ring (bicyclic) bond motifs is 1. The molecule has 0 unspecified atom stereocenters. The normalized spacial score (nSPS) is 10.9. The quantitative estimate of drug-likeness (QED) is 0.584. The third-order valence-electron chi connectivity index (χ3n) is 4.69. The van der Waals surface area contributed by atoms with Gasteiger partial charge < -0.3 is 14.8 Å². The summed E-state index contributed by atoms with van der Waals surface area (Å²) in [5.41, 5.74) is 3.22. The molecule has 0 aliphatic carbocycles. The number of pyridine rings is 1. The summed E-state index contributed by atoms with van der Waals surface area (Å²) in [7, 11) is 5.69. The van der Waals surface area contributed by atoms with E-state index in [1.54, 1.807) is 36.1 Å². The fraction of sp³-hybridized carbons (Fsp3) is 0.136. The number of anilines is 2. The summed E-state index contributed by atoms with van der Waals surface area (Å²) in [6.45, 7) is 0. The molecule has 0 atom stereocenters. The van der Waals surface area contributed by atoms with Gasteiger partial charge in [-0.05, 0) is 36.4 Å². The highest BCUT2D eigenvalue weighted by atomic mass is 16.2. The van der Waals surface area contributed by atoms with Gasteiger partial charge in [-0.25, -0.2) is 0 Å². The van der Waals surface area contributed by atoms with E-state index in [2.05, 4.69) is 10.4 Å². The first-order valence-corrected chi connectivity index (χ1v) is 9.17. The topological polar surface area (TPSA) is 72.2 Å². The minimum Gasteiger partial charge on any atom is -0.378 e. The largest absolute Gasteiger partial charge is 0.378 e. The molecule has 0 spiro atoms. The molecule has 2 heterocycles. The first-order valence-electron chi connectivity index (χ1n) is 9.17. The van der Waals surface area contributed by atoms with Gasteiger partial charge >= 0.3 is 0 Å². The summed E-state index contributed by atoms with van der Waals surface area (Å²) < 4.78 is 3.03. The van der Waals surface area contributed by atoms with E-state index in [9.17, 15) is 9.59 Å². The van der Waals surface area contributed by atoms with E-state index in [0.29, 0.717) is 28.2 Å². The number of aromatic nitrogens is 3. The summed E-state index contributed by atoms with van der Waals surface area (Å²) >= 11 is 0. The van der Waals surface area contributed by atoms with Crippen LogP contribution in [0.5, 0.6) is 0 Å². The Labute approximate surface area is 168 Å². The molecule has 4 rings (SSSR count). The molecule has 29 heavy (non-hydrogen) atoms. The van der Waals surface area contributed by atoms with Gasteiger partial charge in [-0.3, -0.25) is 9.59 Å². The van der Waals surface area contributed by atoms with E-state index < -0.39 is 0 Å². The summed E-state index contributed by atoms with van der Waals surface area (Å²) in [5, 5.41) is 7.34. The minimum atomic E-state index is -0.318. The smallest absolute Gasteiger partial charge is 0.282 e. The van der Waals surface area contributed by atoms with Gasteiger partial charge in [0.2, 0.25) is 0 Å². The average molecular weight is 387 g/mol. The molecule has 2 aromatic rings. The monoisotopic (exact) mass is 387 g/mol. The van der Waals surface area contributed by atoms with Crippen molar-refractivity contribution in [1.82, 2.24) is 14.3 Å². The van der Waals surface area contributed by atoms with E-state index in [-0.39, 0.29) is 11.5 Å². The van der Waals surface area contributed by atoms with E-state index in [4.69, 9.17) is 0 Å². The molecule has 0 saturated carbocycles. The molecule has 0 fully saturated rings. The number of para-hydroxylation sites is 1. The third kappa shape index (κ3) is 3.50. The van der Waals surface area contributed by atoms with Crippen LogP contribution >= 0.6 is 0 Å². The zero-order valence-electron chi connectivity index (χ0n) is 16.5. The maximum atomic E-state index is 13.0. The maximum Gasteiger partial charge on any atom is 0.282 e. The second kappa shape index (κ2) is 7.27. The Hall–Kier alpha value is -3.87. The zero-order chi connectivity index (χ0) is 20.5. The Balaban J connectivity index is 1.73. The van der Waals surface area contributed by atoms with Crippen LogP contribution in [0.4, 0.5) is 11.4 Å². The molecular formula is C22H21N5O2. The van der Waals surface area contributed by atoms with Crippen LogP contribution in [-0.2, 0) is 7.05 Å². The highest BCUT2D eigenvalue weighted by molar-refractivity contribution is 6.08. The summed E-state index contributed by atoms with van der Waals surface area (Å²) in [6, 6.07) is 16.7. The number of hydrogen-bond acceptors (Lipinski definition) is 4. The van der Waals surface area contributed by atoms with Gasteiger partial charge in [0.1, 0.15) is 5.69 Å². The fourth-order valence-corrected chi connectivity index (χ4v) is 3.19. The van der Waals surface area contributed by atoms with Gasteiger partial charge in [-0.15, -0.1) is 0 Å². The van der Waals surface area contributed by atoms with Gasteiger partial charge in [0.15, 0.2) is 0 Å². The number of carbonyl (C=O) groups excluding carboxylic acids is 1. The molecule has 1 N–H and O–H groups in total. The molecule has 7 nitrogen and oxygen atoms in total. The Bertz CT molecular complexity index is 1190. The molecule has 0 aromatic heterocycles. The summed E-state index contributed by atoms with van der Waals surface area (Å²) in [4.78, 5) is 27.8. The number of amides is 1. The Morgan fingerprint density at radius 2 is 1.69 bits per heavy atom. The second-order valence-corrected chi connectivity index (χ2v) is 7.05. The number of nitrogens with one attached hydrogen (secondary N) is 1. The number of hydrogen-bond donors (Lipinski definition) is 1. The minimum absolute atomic E-state index is 0.258. The van der Waals surface area contributed by atoms with Gasteiger partial charge in [0.25, 0.3) is 11.5 Å². The average Bonchev–Trinajstić information content (AvgIpc) is 3.05. The van der Waals surface area contributed by atoms with Crippen LogP contribution in [0.25, 0.3) is 16.9 Å². The SMILES string of the molecule is CN(C)c1ccc(NC(=O)c2cn(C)cc3c(=O)n(-c4ccccc4)nc2-3)cc1. The number of carbonyl (C=O) groups is 1. The second-order valence-electron chi connectivity index (χ2n) is 7.05. The Morgan fingerprint density at radius 3 is 2.34 bits per heavy atom. The molecule has 1 amide bonds. The molecule has 146 valence electrons. The molecular weight excluding hydrogens is 366 g/mol. The number of rotatable bonds is 4. The molecule has 0 radical (unpaired) electrons. The lowest BCUT2D eigenvalue weighted by atomic mass is 10.1. The number of aryl methyl sites for hydroxylation is 1. The van der Waals surface area contributed by atoms with Crippen molar-refractivity contribution < 1.29 is 4.79 Å². The van der Waals surface area contributed by atoms with Crippen LogP contribution in [0, 0.1) is 0 Å². The van der Waals surface area contributed by atoms with Crippen molar-refractivity contribution >= 4 is 17.3 Å². The standard InChI is InChI=1S/C22H21N5O2/c1-25(2)16-11-9-15(10-12-16)23-21(28)18-13-26(3)14-19-20(18)24-27(22(19)29)17-7-5-4-6-8-17/h4-14H,1-3H3,(H,23,28). The van der Waals surface area contributed by atoms with Gasteiger partial charge in [-0.1, -0.05) is 18.2 Å². The van der Waals surface area contributed by atoms with Crippen LogP contribution < -0.4 is 15.8 Å². The van der Waals surface area contributed by atoms with Crippen molar-refractivity contribution in [3.05, 3.63) is 82.9 Å². The summed E-state index contributed by atoms with van der Waals surface area (Å²) in [5.74, 6) is -0.318. The Kier molecular flexibility index (Phi) is 4.64. The van der Waals surface area contributed by atoms with E-state index in [1.807, 2.05) is 61.5 Å². The van der Waals surface area contributed by atoms with E-state index >= 15 is 0 Å². The van der Waals surface area contributed by atoms with Crippen molar-refractivity contribution in [1.29, 1.82) is 0 Å². The van der Waals surface area contributed by atoms with Crippen LogP contribution in [0.2, 0.25) is 0 Å². The van der Waals surface area contributed by atoms with Crippen LogP contribution in [0.1, 0.15) is 10.4 Å². The van der Waals surface area contributed by atoms with Crippen molar-refractivity contribution in [2.45, 2.75) is 0 Å². The van der Waals surface area contributed by atoms with Crippen LogP contribution in [-0.4, -0.2) is 34.4 Å². The van der Waals surface area contributed by atoms with Gasteiger partial charge in [0, 0.05) is 44.9 Å². The predicted octanol–water partition coefficient (Wildman–Crippen LogP) is 2.99. The fourth-order valence-electron chi connectivity index (χ4n) is 3.19. The zero-order valence-corrected chi connectivity index (χ0v) is 16.5. The maximum absolute atomic E-state index is 13.0. The predicted molar refractivity (Wildman–Crippen MR) is 114 cm³/mol. The third-order valence-corrected chi connectivity index (χ3v) is 4.69. The molecule has 2 aliphatic heterocycles. The van der Waals surface area contributed by atoms with Crippen molar-refractivity contribution in [2.24, 2.45) is 7.05 Å². The van der Waals surface area contributed by atoms with E-state index in [1.165, 1.54) is 4.68 Å². The van der Waals surface area contributed by atoms with Crippen molar-refractivity contribution in [2.75, 3.05) is 24.3 Å². The lowest BCUT2D eigenvalue weighted by molar-refractivity contribution is 0.102. The molecule has 0 bridgehead atoms. The number of benzene rings is 2. The molecule has 7 heteroatoms. The first-order chi connectivity index (χ1) is 13.9. The van der Waals surface area contributed by atoms with Crippen LogP contribution in [0.3, 0.4) is 0 Å². The van der Waals surface area contributed by atoms with E-state index in [0.717, 1.165) is 5.69 Å². The van der Waals surface area contributed by atoms with Crippen LogP contribution in [0.15, 0.2) is 71.8 Å². The summed E-state index contributed by atoms with van der Waals surface area (Å²) in [6.07, 6.45) is 3.36. The van der Waals surface area contributed by atoms with Crippen molar-refractivity contribution in [3.63, 3.8) is 0 Å². The highest BCUT2D eigenvalue weighted by Crippen LogP contribution is 2.23. The molecule has 2 aliphatic rings. The highest BCUT2D eigenvalue weighted by Gasteiger charge is 2.24. The number of nitrogens with zero attached hydrogens (tertiary/aromatic N) is 4. The molecule has 0 saturated heterocycles.